The molecule has 0 aliphatic heterocycles. The van der Waals surface area contributed by atoms with Crippen LogP contribution in [0, 0.1) is 10.1 Å². The minimum absolute atomic E-state index is 0.0711. The van der Waals surface area contributed by atoms with Crippen LogP contribution in [0.15, 0.2) is 53.4 Å². The lowest BCUT2D eigenvalue weighted by Crippen LogP contribution is -1.91. The first-order valence-electron chi connectivity index (χ1n) is 5.28. The molecule has 2 aromatic carbocycles. The number of rotatable bonds is 3. The molecular weight excluding hydrogens is 302 g/mol. The Labute approximate surface area is 124 Å². The van der Waals surface area contributed by atoms with Crippen molar-refractivity contribution < 1.29 is 4.92 Å². The Balaban J connectivity index is 2.10. The smallest absolute Gasteiger partial charge is 0.258 e. The Morgan fingerprint density at radius 2 is 1.68 bits per heavy atom. The van der Waals surface area contributed by atoms with E-state index in [4.69, 9.17) is 23.8 Å². The Morgan fingerprint density at radius 1 is 1.11 bits per heavy atom. The van der Waals surface area contributed by atoms with Gasteiger partial charge in [-0.25, -0.2) is 0 Å². The van der Waals surface area contributed by atoms with Crippen molar-refractivity contribution >= 4 is 45.5 Å². The minimum atomic E-state index is -0.425. The van der Waals surface area contributed by atoms with Gasteiger partial charge in [-0.2, -0.15) is 0 Å². The van der Waals surface area contributed by atoms with Crippen molar-refractivity contribution in [1.82, 2.24) is 0 Å². The number of hydrogen-bond donors (Lipinski definition) is 0. The van der Waals surface area contributed by atoms with Gasteiger partial charge < -0.3 is 0 Å². The van der Waals surface area contributed by atoms with Gasteiger partial charge in [-0.1, -0.05) is 47.7 Å². The zero-order valence-electron chi connectivity index (χ0n) is 9.58. The predicted octanol–water partition coefficient (Wildman–Crippen LogP) is 4.72. The summed E-state index contributed by atoms with van der Waals surface area (Å²) < 4.78 is 0.700. The molecule has 0 N–H and O–H groups in total. The number of halogens is 1. The summed E-state index contributed by atoms with van der Waals surface area (Å²) in [5.74, 6) is 0. The summed E-state index contributed by atoms with van der Waals surface area (Å²) >= 11 is 12.5. The molecule has 0 aliphatic rings. The summed E-state index contributed by atoms with van der Waals surface area (Å²) in [7, 11) is 0. The maximum absolute atomic E-state index is 10.5. The van der Waals surface area contributed by atoms with E-state index in [0.717, 1.165) is 10.5 Å². The second-order valence-corrected chi connectivity index (χ2v) is 5.83. The largest absolute Gasteiger partial charge is 0.269 e. The first-order valence-corrected chi connectivity index (χ1v) is 6.89. The summed E-state index contributed by atoms with van der Waals surface area (Å²) in [5.41, 5.74) is 0.976. The predicted molar refractivity (Wildman–Crippen MR) is 82.1 cm³/mol. The van der Waals surface area contributed by atoms with Crippen LogP contribution in [0.1, 0.15) is 5.56 Å². The van der Waals surface area contributed by atoms with Gasteiger partial charge in [-0.05, 0) is 29.8 Å². The van der Waals surface area contributed by atoms with Crippen LogP contribution in [0.3, 0.4) is 0 Å². The lowest BCUT2D eigenvalue weighted by atomic mass is 10.2. The molecule has 0 aromatic heterocycles. The van der Waals surface area contributed by atoms with E-state index < -0.39 is 4.92 Å². The summed E-state index contributed by atoms with van der Waals surface area (Å²) in [4.78, 5) is 11.0. The molecule has 0 radical (unpaired) electrons. The van der Waals surface area contributed by atoms with Crippen LogP contribution in [-0.2, 0) is 0 Å². The van der Waals surface area contributed by atoms with Crippen molar-refractivity contribution in [3.05, 3.63) is 69.2 Å². The van der Waals surface area contributed by atoms with E-state index in [0.29, 0.717) is 9.22 Å². The number of thiocarbonyl (C=S) groups is 1. The summed E-state index contributed by atoms with van der Waals surface area (Å²) in [6.45, 7) is 0. The molecule has 0 bridgehead atoms. The number of nitrogens with zero attached hydrogens (tertiary/aromatic N) is 1. The van der Waals surface area contributed by atoms with Crippen molar-refractivity contribution in [1.29, 1.82) is 0 Å². The van der Waals surface area contributed by atoms with E-state index in [-0.39, 0.29) is 5.69 Å². The van der Waals surface area contributed by atoms with E-state index in [2.05, 4.69) is 0 Å². The molecule has 0 amide bonds. The van der Waals surface area contributed by atoms with Gasteiger partial charge >= 0.3 is 0 Å². The van der Waals surface area contributed by atoms with Gasteiger partial charge in [0.1, 0.15) is 0 Å². The molecule has 2 aromatic rings. The van der Waals surface area contributed by atoms with Crippen LogP contribution < -0.4 is 0 Å². The van der Waals surface area contributed by atoms with Crippen molar-refractivity contribution in [3.63, 3.8) is 0 Å². The van der Waals surface area contributed by atoms with Crippen molar-refractivity contribution in [3.8, 4) is 0 Å². The molecule has 0 fully saturated rings. The highest BCUT2D eigenvalue weighted by atomic mass is 35.5. The zero-order valence-corrected chi connectivity index (χ0v) is 12.0. The molecule has 0 atom stereocenters. The van der Waals surface area contributed by atoms with E-state index in [1.54, 1.807) is 24.3 Å². The maximum Gasteiger partial charge on any atom is 0.269 e. The average molecular weight is 310 g/mol. The normalized spacial score (nSPS) is 10.2. The molecule has 0 spiro atoms. The molecule has 96 valence electrons. The average Bonchev–Trinajstić information content (AvgIpc) is 2.40. The van der Waals surface area contributed by atoms with Crippen LogP contribution >= 0.6 is 35.6 Å². The van der Waals surface area contributed by atoms with Crippen LogP contribution in [0.2, 0.25) is 5.02 Å². The maximum atomic E-state index is 10.5. The van der Waals surface area contributed by atoms with Crippen molar-refractivity contribution in [2.75, 3.05) is 0 Å². The second-order valence-electron chi connectivity index (χ2n) is 3.65. The molecule has 0 heterocycles. The third kappa shape index (κ3) is 3.76. The Morgan fingerprint density at radius 3 is 2.21 bits per heavy atom. The second kappa shape index (κ2) is 6.14. The Bertz CT molecular complexity index is 612. The standard InChI is InChI=1S/C13H8ClNO2S2/c14-10-3-1-9(2-4-10)13(18)19-12-7-5-11(6-8-12)15(16)17/h1-8H. The SMILES string of the molecule is O=[N+]([O-])c1ccc(SC(=S)c2ccc(Cl)cc2)cc1. The van der Waals surface area contributed by atoms with Crippen LogP contribution in [0.25, 0.3) is 0 Å². The van der Waals surface area contributed by atoms with Crippen molar-refractivity contribution in [2.24, 2.45) is 0 Å². The molecule has 0 unspecified atom stereocenters. The van der Waals surface area contributed by atoms with Gasteiger partial charge in [0.15, 0.2) is 0 Å². The minimum Gasteiger partial charge on any atom is -0.258 e. The number of non-ortho nitro benzene ring substituents is 1. The molecular formula is C13H8ClNO2S2. The van der Waals surface area contributed by atoms with Gasteiger partial charge in [0.25, 0.3) is 5.69 Å². The van der Waals surface area contributed by atoms with Crippen LogP contribution in [0.4, 0.5) is 5.69 Å². The number of nitro groups is 1. The van der Waals surface area contributed by atoms with Gasteiger partial charge in [-0.3, -0.25) is 10.1 Å². The van der Waals surface area contributed by atoms with Gasteiger partial charge in [-0.15, -0.1) is 0 Å². The van der Waals surface area contributed by atoms with E-state index in [9.17, 15) is 10.1 Å². The molecule has 0 saturated heterocycles. The van der Waals surface area contributed by atoms with Gasteiger partial charge in [0.05, 0.1) is 9.12 Å². The third-order valence-electron chi connectivity index (χ3n) is 2.34. The van der Waals surface area contributed by atoms with Crippen LogP contribution in [-0.4, -0.2) is 9.12 Å². The highest BCUT2D eigenvalue weighted by molar-refractivity contribution is 8.23. The molecule has 6 heteroatoms. The van der Waals surface area contributed by atoms with E-state index >= 15 is 0 Å². The monoisotopic (exact) mass is 309 g/mol. The summed E-state index contributed by atoms with van der Waals surface area (Å²) in [5, 5.41) is 11.2. The fourth-order valence-corrected chi connectivity index (χ4v) is 2.68. The van der Waals surface area contributed by atoms with Crippen LogP contribution in [0.5, 0.6) is 0 Å². The van der Waals surface area contributed by atoms with E-state index in [1.807, 2.05) is 12.1 Å². The van der Waals surface area contributed by atoms with Gasteiger partial charge in [0, 0.05) is 22.1 Å². The lowest BCUT2D eigenvalue weighted by molar-refractivity contribution is -0.384. The number of hydrogen-bond acceptors (Lipinski definition) is 4. The number of thioether (sulfide) groups is 1. The molecule has 3 nitrogen and oxygen atoms in total. The zero-order chi connectivity index (χ0) is 13.8. The molecule has 2 rings (SSSR count). The highest BCUT2D eigenvalue weighted by Gasteiger charge is 2.07. The highest BCUT2D eigenvalue weighted by Crippen LogP contribution is 2.26. The van der Waals surface area contributed by atoms with E-state index in [1.165, 1.54) is 23.9 Å². The third-order valence-corrected chi connectivity index (χ3v) is 4.00. The number of benzene rings is 2. The summed E-state index contributed by atoms with van der Waals surface area (Å²) in [6.07, 6.45) is 0. The molecule has 0 aliphatic carbocycles. The lowest BCUT2D eigenvalue weighted by Gasteiger charge is -2.04. The first-order chi connectivity index (χ1) is 9.06. The first kappa shape index (κ1) is 14.0. The topological polar surface area (TPSA) is 43.1 Å². The molecule has 0 saturated carbocycles. The fourth-order valence-electron chi connectivity index (χ4n) is 1.39. The van der Waals surface area contributed by atoms with Gasteiger partial charge in [0.2, 0.25) is 0 Å². The Kier molecular flexibility index (Phi) is 4.52. The molecule has 19 heavy (non-hydrogen) atoms. The quantitative estimate of drug-likeness (QED) is 0.356. The fraction of sp³-hybridized carbons (Fsp3) is 0. The number of nitro benzene ring substituents is 1. The van der Waals surface area contributed by atoms with Crippen molar-refractivity contribution in [2.45, 2.75) is 4.90 Å². The summed E-state index contributed by atoms with van der Waals surface area (Å²) in [6, 6.07) is 13.6. The Hall–Kier alpha value is -1.43.